The van der Waals surface area contributed by atoms with Crippen LogP contribution in [-0.2, 0) is 0 Å². The van der Waals surface area contributed by atoms with E-state index >= 15 is 0 Å². The fourth-order valence-electron chi connectivity index (χ4n) is 7.91. The van der Waals surface area contributed by atoms with E-state index < -0.39 is 0 Å². The minimum atomic E-state index is 0.639. The van der Waals surface area contributed by atoms with Crippen LogP contribution in [0.15, 0.2) is 24.3 Å². The number of hydrogen-bond acceptors (Lipinski definition) is 4. The van der Waals surface area contributed by atoms with Gasteiger partial charge in [-0.05, 0) is 122 Å². The van der Waals surface area contributed by atoms with Crippen molar-refractivity contribution in [3.8, 4) is 23.0 Å². The molecule has 0 spiro atoms. The molecule has 0 aliphatic heterocycles. The smallest absolute Gasteiger partial charge is 0.127 e. The molecule has 0 bridgehead atoms. The van der Waals surface area contributed by atoms with E-state index in [1.807, 2.05) is 0 Å². The van der Waals surface area contributed by atoms with Gasteiger partial charge in [-0.2, -0.15) is 0 Å². The van der Waals surface area contributed by atoms with E-state index in [1.54, 1.807) is 0 Å². The maximum Gasteiger partial charge on any atom is 0.127 e. The molecular weight excluding hydrogens is 737 g/mol. The van der Waals surface area contributed by atoms with Crippen LogP contribution in [-0.4, -0.2) is 26.4 Å². The molecule has 0 saturated carbocycles. The minimum absolute atomic E-state index is 0.639. The number of hydrogen-bond donors (Lipinski definition) is 0. The number of ether oxygens (including phenoxy) is 4. The van der Waals surface area contributed by atoms with E-state index in [9.17, 15) is 0 Å². The van der Waals surface area contributed by atoms with Crippen molar-refractivity contribution in [2.24, 2.45) is 47.3 Å². The third kappa shape index (κ3) is 24.1. The second-order valence-corrected chi connectivity index (χ2v) is 20.9. The molecule has 0 radical (unpaired) electrons. The Morgan fingerprint density at radius 3 is 0.833 bits per heavy atom. The first kappa shape index (κ1) is 53.5. The van der Waals surface area contributed by atoms with Crippen LogP contribution in [0, 0.1) is 61.2 Å². The first-order chi connectivity index (χ1) is 28.5. The molecule has 344 valence electrons. The Kier molecular flexibility index (Phi) is 27.1. The van der Waals surface area contributed by atoms with Crippen LogP contribution in [0.1, 0.15) is 208 Å². The monoisotopic (exact) mass is 833 g/mol. The van der Waals surface area contributed by atoms with E-state index in [2.05, 4.69) is 133 Å². The van der Waals surface area contributed by atoms with Crippen molar-refractivity contribution in [3.05, 3.63) is 46.5 Å². The molecule has 60 heavy (non-hydrogen) atoms. The summed E-state index contributed by atoms with van der Waals surface area (Å²) in [5, 5.41) is 0. The second-order valence-electron chi connectivity index (χ2n) is 20.9. The van der Waals surface area contributed by atoms with Gasteiger partial charge in [0, 0.05) is 11.1 Å². The Balaban J connectivity index is 2.37. The van der Waals surface area contributed by atoms with Crippen molar-refractivity contribution in [3.63, 3.8) is 0 Å². The quantitative estimate of drug-likeness (QED) is 0.0658. The Bertz CT molecular complexity index is 1330. The number of benzene rings is 2. The van der Waals surface area contributed by atoms with Gasteiger partial charge in [-0.1, -0.05) is 172 Å². The van der Waals surface area contributed by atoms with Crippen LogP contribution >= 0.6 is 0 Å². The lowest BCUT2D eigenvalue weighted by Crippen LogP contribution is -2.08. The van der Waals surface area contributed by atoms with Gasteiger partial charge in [0.15, 0.2) is 0 Å². The fraction of sp³-hybridized carbons (Fsp3) is 0.750. The molecule has 0 heterocycles. The largest absolute Gasteiger partial charge is 0.493 e. The van der Waals surface area contributed by atoms with Crippen molar-refractivity contribution in [2.45, 2.75) is 200 Å². The zero-order chi connectivity index (χ0) is 44.5. The molecule has 4 unspecified atom stereocenters. The lowest BCUT2D eigenvalue weighted by Gasteiger charge is -2.18. The van der Waals surface area contributed by atoms with Crippen molar-refractivity contribution < 1.29 is 18.9 Å². The molecule has 2 aromatic rings. The molecule has 4 nitrogen and oxygen atoms in total. The van der Waals surface area contributed by atoms with Crippen LogP contribution in [0.5, 0.6) is 23.0 Å². The number of aryl methyl sites for hydroxylation is 2. The molecule has 4 atom stereocenters. The third-order valence-electron chi connectivity index (χ3n) is 12.4. The van der Waals surface area contributed by atoms with Gasteiger partial charge in [-0.3, -0.25) is 0 Å². The van der Waals surface area contributed by atoms with E-state index in [4.69, 9.17) is 18.9 Å². The summed E-state index contributed by atoms with van der Waals surface area (Å²) in [6.07, 6.45) is 24.0. The summed E-state index contributed by atoms with van der Waals surface area (Å²) in [4.78, 5) is 0. The predicted octanol–water partition coefficient (Wildman–Crippen LogP) is 17.4. The second kappa shape index (κ2) is 30.4. The summed E-state index contributed by atoms with van der Waals surface area (Å²) in [5.74, 6) is 9.36. The van der Waals surface area contributed by atoms with Crippen molar-refractivity contribution >= 4 is 12.2 Å². The molecule has 4 heteroatoms. The molecule has 0 saturated heterocycles. The highest BCUT2D eigenvalue weighted by Crippen LogP contribution is 2.35. The Morgan fingerprint density at radius 1 is 0.333 bits per heavy atom. The Labute approximate surface area is 372 Å². The summed E-state index contributed by atoms with van der Waals surface area (Å²) in [5.41, 5.74) is 4.32. The average Bonchev–Trinajstić information content (AvgIpc) is 3.15. The van der Waals surface area contributed by atoms with Crippen LogP contribution in [0.3, 0.4) is 0 Å². The first-order valence-electron chi connectivity index (χ1n) is 25.0. The van der Waals surface area contributed by atoms with E-state index in [-0.39, 0.29) is 0 Å². The summed E-state index contributed by atoms with van der Waals surface area (Å²) in [7, 11) is 0. The van der Waals surface area contributed by atoms with E-state index in [0.29, 0.717) is 36.9 Å². The zero-order valence-electron chi connectivity index (χ0n) is 41.9. The fourth-order valence-corrected chi connectivity index (χ4v) is 7.91. The van der Waals surface area contributed by atoms with Gasteiger partial charge >= 0.3 is 0 Å². The maximum atomic E-state index is 6.63. The Hall–Kier alpha value is -2.62. The highest BCUT2D eigenvalue weighted by Gasteiger charge is 2.15. The first-order valence-corrected chi connectivity index (χ1v) is 25.0. The van der Waals surface area contributed by atoms with Gasteiger partial charge in [0.25, 0.3) is 0 Å². The lowest BCUT2D eigenvalue weighted by molar-refractivity contribution is 0.267. The normalized spacial score (nSPS) is 14.1. The van der Waals surface area contributed by atoms with Crippen molar-refractivity contribution in [1.29, 1.82) is 0 Å². The molecule has 2 rings (SSSR count). The van der Waals surface area contributed by atoms with E-state index in [0.717, 1.165) is 108 Å². The van der Waals surface area contributed by atoms with Crippen LogP contribution in [0.25, 0.3) is 12.2 Å². The maximum absolute atomic E-state index is 6.63. The van der Waals surface area contributed by atoms with Gasteiger partial charge in [-0.25, -0.2) is 0 Å². The van der Waals surface area contributed by atoms with Crippen LogP contribution < -0.4 is 18.9 Å². The van der Waals surface area contributed by atoms with Gasteiger partial charge in [0.1, 0.15) is 23.0 Å². The highest BCUT2D eigenvalue weighted by molar-refractivity contribution is 5.77. The van der Waals surface area contributed by atoms with Gasteiger partial charge in [0.05, 0.1) is 26.4 Å². The molecular formula is C56H96O4. The summed E-state index contributed by atoms with van der Waals surface area (Å²) >= 11 is 0. The topological polar surface area (TPSA) is 36.9 Å². The average molecular weight is 833 g/mol. The van der Waals surface area contributed by atoms with Crippen LogP contribution in [0.4, 0.5) is 0 Å². The molecule has 2 aromatic carbocycles. The summed E-state index contributed by atoms with van der Waals surface area (Å²) in [6.45, 7) is 35.2. The predicted molar refractivity (Wildman–Crippen MR) is 263 cm³/mol. The molecule has 0 aliphatic carbocycles. The van der Waals surface area contributed by atoms with E-state index in [1.165, 1.54) is 77.0 Å². The highest BCUT2D eigenvalue weighted by atomic mass is 16.5. The van der Waals surface area contributed by atoms with Crippen molar-refractivity contribution in [1.82, 2.24) is 0 Å². The minimum Gasteiger partial charge on any atom is -0.493 e. The van der Waals surface area contributed by atoms with Crippen molar-refractivity contribution in [2.75, 3.05) is 26.4 Å². The SMILES string of the molecule is Cc1cc(OCCC(C)CCCC(C)C)c(C=Cc2cc(OCCC(C)CCCC(C)C)c(C)cc2OCCC(C)CCCC(C)C)cc1OCCC(C)CCCC(C)C. The zero-order valence-corrected chi connectivity index (χ0v) is 41.9. The molecule has 0 aromatic heterocycles. The third-order valence-corrected chi connectivity index (χ3v) is 12.4. The summed E-state index contributed by atoms with van der Waals surface area (Å²) in [6, 6.07) is 8.77. The summed E-state index contributed by atoms with van der Waals surface area (Å²) < 4.78 is 26.3. The lowest BCUT2D eigenvalue weighted by atomic mass is 9.97. The standard InChI is InChI=1S/C56H96O4/c1-41(2)19-15-23-45(9)29-33-57-53-39-51(55(37-49(53)13)59-35-31-47(11)25-17-21-43(5)6)27-28-52-40-54(58-34-30-46(10)24-16-20-42(3)4)50(14)38-56(52)60-36-32-48(12)26-18-22-44(7)8/h27-28,37-48H,15-26,29-36H2,1-14H3. The van der Waals surface area contributed by atoms with Crippen LogP contribution in [0.2, 0.25) is 0 Å². The van der Waals surface area contributed by atoms with Gasteiger partial charge in [-0.15, -0.1) is 0 Å². The molecule has 0 N–H and O–H groups in total. The number of rotatable bonds is 34. The molecule has 0 fully saturated rings. The van der Waals surface area contributed by atoms with Gasteiger partial charge < -0.3 is 18.9 Å². The molecule has 0 amide bonds. The molecule has 0 aliphatic rings. The van der Waals surface area contributed by atoms with Gasteiger partial charge in [0.2, 0.25) is 0 Å². The Morgan fingerprint density at radius 2 is 0.583 bits per heavy atom.